The third kappa shape index (κ3) is 5.27. The Morgan fingerprint density at radius 3 is 2.90 bits per heavy atom. The van der Waals surface area contributed by atoms with Gasteiger partial charge in [-0.15, -0.1) is 6.58 Å². The van der Waals surface area contributed by atoms with Gasteiger partial charge >= 0.3 is 0 Å². The third-order valence-electron chi connectivity index (χ3n) is 2.27. The molecule has 0 aromatic heterocycles. The maximum Gasteiger partial charge on any atom is 0.187 e. The Balaban J connectivity index is 2.63. The van der Waals surface area contributed by atoms with Crippen LogP contribution >= 0.6 is 12.2 Å². The number of nitrogens with one attached hydrogen (secondary N) is 2. The topological polar surface area (TPSA) is 54.9 Å². The van der Waals surface area contributed by atoms with Crippen LogP contribution in [0.1, 0.15) is 12.5 Å². The summed E-state index contributed by atoms with van der Waals surface area (Å²) in [6.45, 7) is 6.70. The Kier molecular flexibility index (Phi) is 7.13. The molecule has 0 bridgehead atoms. The van der Waals surface area contributed by atoms with Gasteiger partial charge in [-0.25, -0.2) is 0 Å². The monoisotopic (exact) mass is 293 g/mol. The van der Waals surface area contributed by atoms with Crippen molar-refractivity contribution in [2.24, 2.45) is 5.10 Å². The van der Waals surface area contributed by atoms with Crippen molar-refractivity contribution in [3.63, 3.8) is 0 Å². The van der Waals surface area contributed by atoms with Gasteiger partial charge in [-0.05, 0) is 42.9 Å². The lowest BCUT2D eigenvalue weighted by molar-refractivity contribution is 0.311. The maximum absolute atomic E-state index is 5.44. The molecule has 0 aliphatic carbocycles. The molecule has 1 aromatic rings. The van der Waals surface area contributed by atoms with Crippen LogP contribution in [-0.2, 0) is 0 Å². The standard InChI is InChI=1S/C14H19N3O2S/c1-4-8-15-14(20)17-16-10-11-6-7-12(19-5-2)13(9-11)18-3/h4,6-7,9-10H,1,5,8H2,2-3H3,(H2,15,17,20)/b16-10+. The number of benzene rings is 1. The minimum Gasteiger partial charge on any atom is -0.493 e. The van der Waals surface area contributed by atoms with Crippen LogP contribution in [0.2, 0.25) is 0 Å². The molecule has 2 N–H and O–H groups in total. The second-order valence-electron chi connectivity index (χ2n) is 3.71. The van der Waals surface area contributed by atoms with Crippen LogP contribution in [0, 0.1) is 0 Å². The van der Waals surface area contributed by atoms with Gasteiger partial charge in [-0.3, -0.25) is 5.43 Å². The van der Waals surface area contributed by atoms with Crippen molar-refractivity contribution in [2.75, 3.05) is 20.3 Å². The van der Waals surface area contributed by atoms with Crippen LogP contribution in [0.15, 0.2) is 36.0 Å². The summed E-state index contributed by atoms with van der Waals surface area (Å²) >= 11 is 5.01. The van der Waals surface area contributed by atoms with E-state index in [-0.39, 0.29) is 0 Å². The molecule has 5 nitrogen and oxygen atoms in total. The number of hydrogen-bond donors (Lipinski definition) is 2. The molecule has 1 rings (SSSR count). The molecular weight excluding hydrogens is 274 g/mol. The smallest absolute Gasteiger partial charge is 0.187 e. The van der Waals surface area contributed by atoms with Gasteiger partial charge in [0.15, 0.2) is 16.6 Å². The van der Waals surface area contributed by atoms with Crippen molar-refractivity contribution in [1.82, 2.24) is 10.7 Å². The molecule has 6 heteroatoms. The highest BCUT2D eigenvalue weighted by Gasteiger charge is 2.03. The number of rotatable bonds is 7. The number of hydrogen-bond acceptors (Lipinski definition) is 4. The van der Waals surface area contributed by atoms with Gasteiger partial charge < -0.3 is 14.8 Å². The molecule has 0 saturated heterocycles. The molecule has 0 heterocycles. The molecule has 0 amide bonds. The van der Waals surface area contributed by atoms with Gasteiger partial charge in [-0.1, -0.05) is 6.08 Å². The van der Waals surface area contributed by atoms with Gasteiger partial charge in [0.2, 0.25) is 0 Å². The van der Waals surface area contributed by atoms with Crippen molar-refractivity contribution < 1.29 is 9.47 Å². The van der Waals surface area contributed by atoms with Crippen LogP contribution in [0.3, 0.4) is 0 Å². The quantitative estimate of drug-likeness (QED) is 0.349. The van der Waals surface area contributed by atoms with E-state index in [1.165, 1.54) is 0 Å². The van der Waals surface area contributed by atoms with E-state index in [4.69, 9.17) is 21.7 Å². The fourth-order valence-corrected chi connectivity index (χ4v) is 1.55. The average Bonchev–Trinajstić information content (AvgIpc) is 2.46. The summed E-state index contributed by atoms with van der Waals surface area (Å²) in [4.78, 5) is 0. The highest BCUT2D eigenvalue weighted by molar-refractivity contribution is 7.80. The van der Waals surface area contributed by atoms with E-state index in [0.717, 1.165) is 5.56 Å². The molecule has 0 fully saturated rings. The van der Waals surface area contributed by atoms with E-state index in [0.29, 0.717) is 29.8 Å². The Morgan fingerprint density at radius 2 is 2.25 bits per heavy atom. The Morgan fingerprint density at radius 1 is 1.45 bits per heavy atom. The predicted molar refractivity (Wildman–Crippen MR) is 85.7 cm³/mol. The molecule has 0 spiro atoms. The van der Waals surface area contributed by atoms with Gasteiger partial charge in [0.05, 0.1) is 19.9 Å². The molecule has 0 aliphatic heterocycles. The largest absolute Gasteiger partial charge is 0.493 e. The average molecular weight is 293 g/mol. The fraction of sp³-hybridized carbons (Fsp3) is 0.286. The van der Waals surface area contributed by atoms with E-state index >= 15 is 0 Å². The molecule has 108 valence electrons. The van der Waals surface area contributed by atoms with Crippen LogP contribution in [-0.4, -0.2) is 31.6 Å². The minimum atomic E-state index is 0.444. The van der Waals surface area contributed by atoms with E-state index in [9.17, 15) is 0 Å². The molecule has 20 heavy (non-hydrogen) atoms. The van der Waals surface area contributed by atoms with Gasteiger partial charge in [0.1, 0.15) is 0 Å². The van der Waals surface area contributed by atoms with Crippen molar-refractivity contribution in [3.8, 4) is 11.5 Å². The summed E-state index contributed by atoms with van der Waals surface area (Å²) in [6, 6.07) is 5.58. The second-order valence-corrected chi connectivity index (χ2v) is 4.12. The van der Waals surface area contributed by atoms with Gasteiger partial charge in [-0.2, -0.15) is 5.10 Å². The van der Waals surface area contributed by atoms with Gasteiger partial charge in [0, 0.05) is 6.54 Å². The lowest BCUT2D eigenvalue weighted by atomic mass is 10.2. The first-order chi connectivity index (χ1) is 9.71. The highest BCUT2D eigenvalue weighted by atomic mass is 32.1. The minimum absolute atomic E-state index is 0.444. The molecule has 0 unspecified atom stereocenters. The van der Waals surface area contributed by atoms with Crippen molar-refractivity contribution in [3.05, 3.63) is 36.4 Å². The SMILES string of the molecule is C=CCNC(=S)N/N=C/c1ccc(OCC)c(OC)c1. The molecular formula is C14H19N3O2S. The first-order valence-corrected chi connectivity index (χ1v) is 6.60. The zero-order chi connectivity index (χ0) is 14.8. The first kappa shape index (κ1) is 16.0. The van der Waals surface area contributed by atoms with Crippen molar-refractivity contribution in [1.29, 1.82) is 0 Å². The fourth-order valence-electron chi connectivity index (χ4n) is 1.41. The van der Waals surface area contributed by atoms with E-state index in [1.807, 2.05) is 25.1 Å². The lowest BCUT2D eigenvalue weighted by Crippen LogP contribution is -2.31. The predicted octanol–water partition coefficient (Wildman–Crippen LogP) is 2.08. The Bertz CT molecular complexity index is 489. The Labute approximate surface area is 124 Å². The summed E-state index contributed by atoms with van der Waals surface area (Å²) < 4.78 is 10.7. The maximum atomic E-state index is 5.44. The van der Waals surface area contributed by atoms with E-state index in [2.05, 4.69) is 22.4 Å². The van der Waals surface area contributed by atoms with Crippen molar-refractivity contribution in [2.45, 2.75) is 6.92 Å². The summed E-state index contributed by atoms with van der Waals surface area (Å²) in [5.74, 6) is 1.38. The number of hydrazone groups is 1. The highest BCUT2D eigenvalue weighted by Crippen LogP contribution is 2.27. The number of thiocarbonyl (C=S) groups is 1. The summed E-state index contributed by atoms with van der Waals surface area (Å²) in [6.07, 6.45) is 3.37. The number of nitrogens with zero attached hydrogens (tertiary/aromatic N) is 1. The first-order valence-electron chi connectivity index (χ1n) is 6.19. The van der Waals surface area contributed by atoms with E-state index in [1.54, 1.807) is 19.4 Å². The Hall–Kier alpha value is -2.08. The normalized spacial score (nSPS) is 10.1. The lowest BCUT2D eigenvalue weighted by Gasteiger charge is -2.09. The second kappa shape index (κ2) is 8.92. The van der Waals surface area contributed by atoms with Crippen LogP contribution in [0.25, 0.3) is 0 Å². The van der Waals surface area contributed by atoms with Crippen LogP contribution < -0.4 is 20.2 Å². The van der Waals surface area contributed by atoms with Crippen LogP contribution in [0.4, 0.5) is 0 Å². The number of methoxy groups -OCH3 is 1. The summed E-state index contributed by atoms with van der Waals surface area (Å²) in [5.41, 5.74) is 3.59. The van der Waals surface area contributed by atoms with Crippen molar-refractivity contribution >= 4 is 23.5 Å². The van der Waals surface area contributed by atoms with Crippen LogP contribution in [0.5, 0.6) is 11.5 Å². The zero-order valence-electron chi connectivity index (χ0n) is 11.7. The zero-order valence-corrected chi connectivity index (χ0v) is 12.5. The summed E-state index contributed by atoms with van der Waals surface area (Å²) in [5, 5.41) is 7.39. The van der Waals surface area contributed by atoms with Gasteiger partial charge in [0.25, 0.3) is 0 Å². The molecule has 0 radical (unpaired) electrons. The van der Waals surface area contributed by atoms with E-state index < -0.39 is 0 Å². The molecule has 0 aliphatic rings. The molecule has 1 aromatic carbocycles. The number of ether oxygens (including phenoxy) is 2. The third-order valence-corrected chi connectivity index (χ3v) is 2.51. The molecule has 0 saturated carbocycles. The summed E-state index contributed by atoms with van der Waals surface area (Å²) in [7, 11) is 1.60. The molecule has 0 atom stereocenters.